The molecule has 1 N–H and O–H groups in total. The highest BCUT2D eigenvalue weighted by molar-refractivity contribution is 5.70. The minimum atomic E-state index is -0.404. The number of hydrogen-bond donors (Lipinski definition) is 1. The molecule has 0 saturated carbocycles. The number of pyridine rings is 1. The fourth-order valence-electron chi connectivity index (χ4n) is 3.05. The van der Waals surface area contributed by atoms with Crippen molar-refractivity contribution < 1.29 is 4.39 Å². The van der Waals surface area contributed by atoms with Gasteiger partial charge in [0.05, 0.1) is 0 Å². The first-order valence-electron chi connectivity index (χ1n) is 6.40. The Bertz CT molecular complexity index is 424. The van der Waals surface area contributed by atoms with Crippen molar-refractivity contribution in [2.24, 2.45) is 5.92 Å². The number of aromatic nitrogens is 1. The Labute approximate surface area is 101 Å². The third-order valence-electron chi connectivity index (χ3n) is 3.88. The molecule has 3 heteroatoms. The third-order valence-corrected chi connectivity index (χ3v) is 3.88. The van der Waals surface area contributed by atoms with E-state index in [-0.39, 0.29) is 0 Å². The summed E-state index contributed by atoms with van der Waals surface area (Å²) in [6.07, 6.45) is 8.93. The van der Waals surface area contributed by atoms with Crippen LogP contribution >= 0.6 is 0 Å². The van der Waals surface area contributed by atoms with Crippen LogP contribution < -0.4 is 5.32 Å². The Kier molecular flexibility index (Phi) is 2.93. The van der Waals surface area contributed by atoms with Gasteiger partial charge in [0.25, 0.3) is 0 Å². The number of hydrogen-bond acceptors (Lipinski definition) is 2. The average molecular weight is 232 g/mol. The molecular formula is C14H17FN2. The molecule has 0 aromatic carbocycles. The van der Waals surface area contributed by atoms with Gasteiger partial charge >= 0.3 is 0 Å². The molecule has 0 radical (unpaired) electrons. The molecule has 17 heavy (non-hydrogen) atoms. The predicted octanol–water partition coefficient (Wildman–Crippen LogP) is 2.77. The van der Waals surface area contributed by atoms with Crippen LogP contribution in [0.25, 0.3) is 5.57 Å². The minimum absolute atomic E-state index is 0.404. The van der Waals surface area contributed by atoms with Crippen LogP contribution in [0, 0.1) is 11.9 Å². The van der Waals surface area contributed by atoms with Crippen molar-refractivity contribution in [3.05, 3.63) is 35.9 Å². The number of fused-ring (bicyclic) bond motifs is 1. The van der Waals surface area contributed by atoms with Gasteiger partial charge in [-0.25, -0.2) is 4.98 Å². The van der Waals surface area contributed by atoms with Crippen LogP contribution in [0.2, 0.25) is 0 Å². The first-order valence-corrected chi connectivity index (χ1v) is 6.40. The Morgan fingerprint density at radius 1 is 1.29 bits per heavy atom. The second-order valence-corrected chi connectivity index (χ2v) is 4.94. The summed E-state index contributed by atoms with van der Waals surface area (Å²) < 4.78 is 12.8. The van der Waals surface area contributed by atoms with E-state index in [4.69, 9.17) is 0 Å². The van der Waals surface area contributed by atoms with E-state index in [1.807, 2.05) is 6.07 Å². The standard InChI is InChI=1S/C14H17FN2/c15-13-7-6-11(9-17-13)12-5-1-3-10-4-2-8-16-14(10)12/h5-7,9-10,14,16H,1-4,8H2/t10-,14+/m0/s1. The van der Waals surface area contributed by atoms with Crippen LogP contribution in [-0.4, -0.2) is 17.6 Å². The molecule has 3 rings (SSSR count). The lowest BCUT2D eigenvalue weighted by Crippen LogP contribution is -2.43. The Hall–Kier alpha value is -1.22. The van der Waals surface area contributed by atoms with Crippen LogP contribution in [0.4, 0.5) is 4.39 Å². The summed E-state index contributed by atoms with van der Waals surface area (Å²) in [7, 11) is 0. The maximum Gasteiger partial charge on any atom is 0.212 e. The maximum atomic E-state index is 12.8. The molecule has 2 heterocycles. The number of nitrogens with zero attached hydrogens (tertiary/aromatic N) is 1. The molecule has 0 amide bonds. The highest BCUT2D eigenvalue weighted by atomic mass is 19.1. The van der Waals surface area contributed by atoms with E-state index in [1.165, 1.54) is 30.9 Å². The normalized spacial score (nSPS) is 28.4. The first-order chi connectivity index (χ1) is 8.34. The van der Waals surface area contributed by atoms with Gasteiger partial charge in [0.1, 0.15) is 0 Å². The maximum absolute atomic E-state index is 12.8. The lowest BCUT2D eigenvalue weighted by atomic mass is 9.77. The highest BCUT2D eigenvalue weighted by Gasteiger charge is 2.30. The van der Waals surface area contributed by atoms with Crippen LogP contribution in [0.3, 0.4) is 0 Å². The molecule has 2 aliphatic rings. The molecule has 0 bridgehead atoms. The van der Waals surface area contributed by atoms with Crippen LogP contribution in [0.15, 0.2) is 24.4 Å². The lowest BCUT2D eigenvalue weighted by molar-refractivity contribution is 0.304. The first kappa shape index (κ1) is 10.9. The fraction of sp³-hybridized carbons (Fsp3) is 0.500. The number of rotatable bonds is 1. The molecule has 1 aliphatic heterocycles. The molecule has 1 aromatic heterocycles. The number of allylic oxidation sites excluding steroid dienone is 1. The van der Waals surface area contributed by atoms with Gasteiger partial charge in [-0.15, -0.1) is 0 Å². The summed E-state index contributed by atoms with van der Waals surface area (Å²) in [5.41, 5.74) is 2.38. The van der Waals surface area contributed by atoms with Crippen LogP contribution in [0.5, 0.6) is 0 Å². The Morgan fingerprint density at radius 2 is 2.24 bits per heavy atom. The zero-order valence-electron chi connectivity index (χ0n) is 9.82. The van der Waals surface area contributed by atoms with E-state index in [2.05, 4.69) is 16.4 Å². The minimum Gasteiger partial charge on any atom is -0.310 e. The number of halogens is 1. The van der Waals surface area contributed by atoms with Crippen molar-refractivity contribution in [1.82, 2.24) is 10.3 Å². The van der Waals surface area contributed by atoms with E-state index in [0.29, 0.717) is 6.04 Å². The number of piperidine rings is 1. The van der Waals surface area contributed by atoms with E-state index < -0.39 is 5.95 Å². The largest absolute Gasteiger partial charge is 0.310 e. The van der Waals surface area contributed by atoms with Gasteiger partial charge < -0.3 is 5.32 Å². The van der Waals surface area contributed by atoms with Crippen LogP contribution in [0.1, 0.15) is 31.2 Å². The average Bonchev–Trinajstić information content (AvgIpc) is 2.39. The van der Waals surface area contributed by atoms with Gasteiger partial charge in [0.2, 0.25) is 5.95 Å². The van der Waals surface area contributed by atoms with E-state index in [1.54, 1.807) is 6.20 Å². The second-order valence-electron chi connectivity index (χ2n) is 4.94. The second kappa shape index (κ2) is 4.57. The van der Waals surface area contributed by atoms with Gasteiger partial charge in [-0.2, -0.15) is 4.39 Å². The zero-order valence-corrected chi connectivity index (χ0v) is 9.82. The smallest absolute Gasteiger partial charge is 0.212 e. The van der Waals surface area contributed by atoms with E-state index in [0.717, 1.165) is 24.4 Å². The van der Waals surface area contributed by atoms with Gasteiger partial charge in [-0.1, -0.05) is 6.08 Å². The topological polar surface area (TPSA) is 24.9 Å². The van der Waals surface area contributed by atoms with Crippen molar-refractivity contribution in [2.45, 2.75) is 31.7 Å². The summed E-state index contributed by atoms with van der Waals surface area (Å²) in [5.74, 6) is 0.340. The van der Waals surface area contributed by atoms with Crippen molar-refractivity contribution >= 4 is 5.57 Å². The van der Waals surface area contributed by atoms with Crippen molar-refractivity contribution in [3.63, 3.8) is 0 Å². The summed E-state index contributed by atoms with van der Waals surface area (Å²) in [6.45, 7) is 1.09. The molecule has 2 atom stereocenters. The Morgan fingerprint density at radius 3 is 3.06 bits per heavy atom. The summed E-state index contributed by atoms with van der Waals surface area (Å²) in [6, 6.07) is 3.74. The van der Waals surface area contributed by atoms with Gasteiger partial charge in [-0.05, 0) is 61.4 Å². The summed E-state index contributed by atoms with van der Waals surface area (Å²) in [4.78, 5) is 3.76. The van der Waals surface area contributed by atoms with Crippen molar-refractivity contribution in [2.75, 3.05) is 6.54 Å². The molecule has 2 nitrogen and oxygen atoms in total. The van der Waals surface area contributed by atoms with E-state index >= 15 is 0 Å². The molecule has 1 aromatic rings. The fourth-order valence-corrected chi connectivity index (χ4v) is 3.05. The highest BCUT2D eigenvalue weighted by Crippen LogP contribution is 2.35. The summed E-state index contributed by atoms with van der Waals surface area (Å²) in [5, 5.41) is 3.59. The van der Waals surface area contributed by atoms with Gasteiger partial charge in [0.15, 0.2) is 0 Å². The van der Waals surface area contributed by atoms with Crippen LogP contribution in [-0.2, 0) is 0 Å². The SMILES string of the molecule is Fc1ccc(C2=CCC[C@H]3CCCN[C@@H]23)cn1. The van der Waals surface area contributed by atoms with Gasteiger partial charge in [0, 0.05) is 12.2 Å². The molecular weight excluding hydrogens is 215 g/mol. The molecule has 1 saturated heterocycles. The molecule has 1 fully saturated rings. The quantitative estimate of drug-likeness (QED) is 0.753. The van der Waals surface area contributed by atoms with Crippen molar-refractivity contribution in [3.8, 4) is 0 Å². The monoisotopic (exact) mass is 232 g/mol. The number of nitrogens with one attached hydrogen (secondary N) is 1. The predicted molar refractivity (Wildman–Crippen MR) is 65.9 cm³/mol. The van der Waals surface area contributed by atoms with Gasteiger partial charge in [-0.3, -0.25) is 0 Å². The van der Waals surface area contributed by atoms with Crippen molar-refractivity contribution in [1.29, 1.82) is 0 Å². The molecule has 90 valence electrons. The van der Waals surface area contributed by atoms with E-state index in [9.17, 15) is 4.39 Å². The molecule has 0 unspecified atom stereocenters. The zero-order chi connectivity index (χ0) is 11.7. The molecule has 0 spiro atoms. The molecule has 1 aliphatic carbocycles. The third kappa shape index (κ3) is 2.12. The lowest BCUT2D eigenvalue weighted by Gasteiger charge is -2.37. The summed E-state index contributed by atoms with van der Waals surface area (Å²) >= 11 is 0. The Balaban J connectivity index is 1.90.